The fraction of sp³-hybridized carbons (Fsp3) is 0.533. The van der Waals surface area contributed by atoms with Crippen molar-refractivity contribution in [1.82, 2.24) is 19.9 Å². The summed E-state index contributed by atoms with van der Waals surface area (Å²) in [6.45, 7) is 6.15. The molecule has 20 heavy (non-hydrogen) atoms. The van der Waals surface area contributed by atoms with Gasteiger partial charge in [0.15, 0.2) is 5.65 Å². The van der Waals surface area contributed by atoms with E-state index in [0.29, 0.717) is 17.1 Å². The van der Waals surface area contributed by atoms with Gasteiger partial charge in [0, 0.05) is 17.9 Å². The molecule has 2 aromatic rings. The lowest BCUT2D eigenvalue weighted by atomic mass is 9.89. The maximum absolute atomic E-state index is 12.1. The number of aryl methyl sites for hydroxylation is 1. The van der Waals surface area contributed by atoms with Gasteiger partial charge >= 0.3 is 0 Å². The first-order valence-electron chi connectivity index (χ1n) is 7.21. The van der Waals surface area contributed by atoms with Gasteiger partial charge in [0.2, 0.25) is 0 Å². The minimum absolute atomic E-state index is 0.105. The molecule has 0 bridgehead atoms. The van der Waals surface area contributed by atoms with Crippen molar-refractivity contribution in [1.29, 1.82) is 0 Å². The first kappa shape index (κ1) is 13.1. The number of amides is 1. The highest BCUT2D eigenvalue weighted by Gasteiger charge is 2.22. The van der Waals surface area contributed by atoms with E-state index in [-0.39, 0.29) is 11.9 Å². The summed E-state index contributed by atoms with van der Waals surface area (Å²) in [4.78, 5) is 16.6. The number of carbonyl (C=O) groups excluding carboxylic acids is 1. The van der Waals surface area contributed by atoms with E-state index in [1.165, 1.54) is 17.7 Å². The van der Waals surface area contributed by atoms with Crippen molar-refractivity contribution in [3.8, 4) is 0 Å². The molecule has 1 aliphatic rings. The van der Waals surface area contributed by atoms with Crippen LogP contribution in [0.5, 0.6) is 0 Å². The first-order valence-corrected chi connectivity index (χ1v) is 7.21. The van der Waals surface area contributed by atoms with E-state index in [9.17, 15) is 4.79 Å². The highest BCUT2D eigenvalue weighted by Crippen LogP contribution is 2.25. The van der Waals surface area contributed by atoms with Gasteiger partial charge in [0.05, 0.1) is 6.20 Å². The van der Waals surface area contributed by atoms with Crippen LogP contribution in [0.25, 0.3) is 5.65 Å². The van der Waals surface area contributed by atoms with Gasteiger partial charge in [-0.25, -0.2) is 9.50 Å². The van der Waals surface area contributed by atoms with Gasteiger partial charge in [-0.1, -0.05) is 6.92 Å². The predicted octanol–water partition coefficient (Wildman–Crippen LogP) is 1.99. The van der Waals surface area contributed by atoms with Crippen LogP contribution in [0.2, 0.25) is 0 Å². The van der Waals surface area contributed by atoms with Gasteiger partial charge in [-0.3, -0.25) is 4.79 Å². The molecule has 0 radical (unpaired) electrons. The molecule has 0 fully saturated rings. The van der Waals surface area contributed by atoms with Crippen LogP contribution in [-0.2, 0) is 12.8 Å². The Hall–Kier alpha value is -1.91. The van der Waals surface area contributed by atoms with Crippen LogP contribution in [0.4, 0.5) is 0 Å². The minimum Gasteiger partial charge on any atom is -0.350 e. The second-order valence-corrected chi connectivity index (χ2v) is 6.00. The second kappa shape index (κ2) is 4.89. The van der Waals surface area contributed by atoms with E-state index in [4.69, 9.17) is 0 Å². The van der Waals surface area contributed by atoms with E-state index >= 15 is 0 Å². The lowest BCUT2D eigenvalue weighted by Crippen LogP contribution is -2.30. The van der Waals surface area contributed by atoms with Gasteiger partial charge < -0.3 is 5.32 Å². The molecule has 1 unspecified atom stereocenters. The number of hydrogen-bond acceptors (Lipinski definition) is 3. The van der Waals surface area contributed by atoms with Gasteiger partial charge in [-0.2, -0.15) is 5.10 Å². The highest BCUT2D eigenvalue weighted by atomic mass is 16.1. The molecule has 0 aromatic carbocycles. The van der Waals surface area contributed by atoms with Crippen molar-refractivity contribution < 1.29 is 4.79 Å². The summed E-state index contributed by atoms with van der Waals surface area (Å²) in [5.74, 6) is 0.590. The molecule has 1 amide bonds. The summed E-state index contributed by atoms with van der Waals surface area (Å²) in [6, 6.07) is 0.107. The zero-order valence-electron chi connectivity index (χ0n) is 12.2. The fourth-order valence-corrected chi connectivity index (χ4v) is 2.81. The van der Waals surface area contributed by atoms with E-state index in [1.54, 1.807) is 6.20 Å². The Morgan fingerprint density at radius 3 is 3.00 bits per heavy atom. The lowest BCUT2D eigenvalue weighted by Gasteiger charge is -2.21. The van der Waals surface area contributed by atoms with E-state index in [2.05, 4.69) is 22.3 Å². The van der Waals surface area contributed by atoms with E-state index in [1.807, 2.05) is 24.6 Å². The number of carbonyl (C=O) groups is 1. The number of nitrogens with zero attached hydrogens (tertiary/aromatic N) is 3. The zero-order valence-corrected chi connectivity index (χ0v) is 12.2. The Bertz CT molecular complexity index is 659. The topological polar surface area (TPSA) is 59.3 Å². The molecule has 0 saturated heterocycles. The Balaban J connectivity index is 2.04. The molecule has 2 heterocycles. The van der Waals surface area contributed by atoms with Gasteiger partial charge in [0.1, 0.15) is 5.56 Å². The molecular weight excluding hydrogens is 252 g/mol. The van der Waals surface area contributed by atoms with Crippen LogP contribution >= 0.6 is 0 Å². The van der Waals surface area contributed by atoms with Crippen molar-refractivity contribution in [2.45, 2.75) is 46.1 Å². The van der Waals surface area contributed by atoms with Crippen LogP contribution in [0.3, 0.4) is 0 Å². The Labute approximate surface area is 118 Å². The largest absolute Gasteiger partial charge is 0.350 e. The molecule has 1 aliphatic carbocycles. The summed E-state index contributed by atoms with van der Waals surface area (Å²) in [7, 11) is 0. The normalized spacial score (nSPS) is 18.3. The third-order valence-corrected chi connectivity index (χ3v) is 3.82. The molecule has 0 spiro atoms. The molecule has 0 aliphatic heterocycles. The number of aromatic nitrogens is 3. The monoisotopic (exact) mass is 272 g/mol. The third kappa shape index (κ3) is 2.17. The molecule has 106 valence electrons. The zero-order chi connectivity index (χ0) is 14.3. The SMILES string of the molecule is CC1CCc2c(cnc3c(C(=O)NC(C)C)cnn23)C1. The highest BCUT2D eigenvalue weighted by molar-refractivity contribution is 5.99. The predicted molar refractivity (Wildman–Crippen MR) is 76.8 cm³/mol. The van der Waals surface area contributed by atoms with Crippen LogP contribution in [0.1, 0.15) is 48.8 Å². The summed E-state index contributed by atoms with van der Waals surface area (Å²) < 4.78 is 1.84. The Kier molecular flexibility index (Phi) is 3.20. The summed E-state index contributed by atoms with van der Waals surface area (Å²) in [5, 5.41) is 7.27. The summed E-state index contributed by atoms with van der Waals surface area (Å²) in [5.41, 5.74) is 3.68. The smallest absolute Gasteiger partial charge is 0.256 e. The molecule has 5 nitrogen and oxygen atoms in total. The fourth-order valence-electron chi connectivity index (χ4n) is 2.81. The average molecular weight is 272 g/mol. The van der Waals surface area contributed by atoms with E-state index in [0.717, 1.165) is 12.8 Å². The van der Waals surface area contributed by atoms with Crippen molar-refractivity contribution in [2.24, 2.45) is 5.92 Å². The standard InChI is InChI=1S/C15H20N4O/c1-9(2)18-15(20)12-8-17-19-13-5-4-10(3)6-11(13)7-16-14(12)19/h7-10H,4-6H2,1-3H3,(H,18,20). The Morgan fingerprint density at radius 2 is 2.25 bits per heavy atom. The molecule has 1 N–H and O–H groups in total. The summed E-state index contributed by atoms with van der Waals surface area (Å²) in [6.07, 6.45) is 6.75. The number of rotatable bonds is 2. The molecule has 5 heteroatoms. The quantitative estimate of drug-likeness (QED) is 0.909. The second-order valence-electron chi connectivity index (χ2n) is 6.00. The average Bonchev–Trinajstić information content (AvgIpc) is 2.81. The molecular formula is C15H20N4O. The van der Waals surface area contributed by atoms with Crippen LogP contribution in [0, 0.1) is 5.92 Å². The maximum atomic E-state index is 12.1. The lowest BCUT2D eigenvalue weighted by molar-refractivity contribution is 0.0944. The maximum Gasteiger partial charge on any atom is 0.256 e. The first-order chi connectivity index (χ1) is 9.56. The van der Waals surface area contributed by atoms with Crippen molar-refractivity contribution >= 4 is 11.6 Å². The molecule has 1 atom stereocenters. The molecule has 2 aromatic heterocycles. The van der Waals surface area contributed by atoms with Crippen molar-refractivity contribution in [2.75, 3.05) is 0 Å². The molecule has 3 rings (SSSR count). The van der Waals surface area contributed by atoms with E-state index < -0.39 is 0 Å². The van der Waals surface area contributed by atoms with Crippen molar-refractivity contribution in [3.63, 3.8) is 0 Å². The van der Waals surface area contributed by atoms with Gasteiger partial charge in [0.25, 0.3) is 5.91 Å². The molecule has 0 saturated carbocycles. The van der Waals surface area contributed by atoms with Crippen LogP contribution in [-0.4, -0.2) is 26.5 Å². The van der Waals surface area contributed by atoms with Crippen molar-refractivity contribution in [3.05, 3.63) is 29.2 Å². The third-order valence-electron chi connectivity index (χ3n) is 3.82. The Morgan fingerprint density at radius 1 is 1.45 bits per heavy atom. The van der Waals surface area contributed by atoms with Gasteiger partial charge in [-0.15, -0.1) is 0 Å². The number of hydrogen-bond donors (Lipinski definition) is 1. The van der Waals surface area contributed by atoms with Crippen LogP contribution < -0.4 is 5.32 Å². The van der Waals surface area contributed by atoms with Crippen LogP contribution in [0.15, 0.2) is 12.4 Å². The van der Waals surface area contributed by atoms with Gasteiger partial charge in [-0.05, 0) is 44.6 Å². The number of fused-ring (bicyclic) bond motifs is 3. The summed E-state index contributed by atoms with van der Waals surface area (Å²) >= 11 is 0. The minimum atomic E-state index is -0.105. The number of nitrogens with one attached hydrogen (secondary N) is 1.